The molecule has 82 valence electrons. The summed E-state index contributed by atoms with van der Waals surface area (Å²) in [4.78, 5) is 21.5. The molecule has 0 aliphatic rings. The molecule has 1 N–H and O–H groups in total. The Hall–Kier alpha value is -1.13. The van der Waals surface area contributed by atoms with Crippen molar-refractivity contribution in [1.82, 2.24) is 0 Å². The van der Waals surface area contributed by atoms with E-state index in [1.54, 1.807) is 20.8 Å². The van der Waals surface area contributed by atoms with Crippen LogP contribution in [-0.2, 0) is 14.3 Å². The number of aliphatic carboxylic acids is 1. The van der Waals surface area contributed by atoms with Crippen molar-refractivity contribution in [2.24, 2.45) is 5.92 Å². The minimum absolute atomic E-state index is 0.427. The van der Waals surface area contributed by atoms with E-state index < -0.39 is 36.6 Å². The van der Waals surface area contributed by atoms with Gasteiger partial charge in [-0.25, -0.2) is 0 Å². The lowest BCUT2D eigenvalue weighted by Gasteiger charge is -2.20. The first-order chi connectivity index (χ1) is 6.26. The van der Waals surface area contributed by atoms with Crippen LogP contribution in [0.1, 0.15) is 27.2 Å². The molecule has 0 aromatic rings. The molecule has 0 fully saturated rings. The van der Waals surface area contributed by atoms with E-state index in [0.717, 1.165) is 0 Å². The minimum Gasteiger partial charge on any atom is -0.481 e. The van der Waals surface area contributed by atoms with Gasteiger partial charge in [0.25, 0.3) is 0 Å². The Balaban J connectivity index is 4.11. The fraction of sp³-hybridized carbons (Fsp3) is 0.778. The molecule has 0 heterocycles. The highest BCUT2D eigenvalue weighted by molar-refractivity contribution is 5.79. The van der Waals surface area contributed by atoms with Crippen LogP contribution in [0, 0.1) is 5.92 Å². The third-order valence-corrected chi connectivity index (χ3v) is 1.37. The number of carbonyl (C=O) groups excluding carboxylic acids is 1. The van der Waals surface area contributed by atoms with Crippen LogP contribution in [0.3, 0.4) is 0 Å². The Morgan fingerprint density at radius 2 is 1.93 bits per heavy atom. The molecule has 1 unspecified atom stereocenters. The fourth-order valence-corrected chi connectivity index (χ4v) is 0.792. The molecule has 0 aromatic carbocycles. The van der Waals surface area contributed by atoms with Crippen LogP contribution >= 0.6 is 0 Å². The van der Waals surface area contributed by atoms with Gasteiger partial charge in [-0.1, -0.05) is 0 Å². The monoisotopic (exact) mass is 206 g/mol. The zero-order valence-corrected chi connectivity index (χ0v) is 8.54. The highest BCUT2D eigenvalue weighted by Gasteiger charge is 2.24. The Morgan fingerprint density at radius 1 is 1.43 bits per heavy atom. The Bertz CT molecular complexity index is 219. The third kappa shape index (κ3) is 5.50. The highest BCUT2D eigenvalue weighted by atomic mass is 19.1. The zero-order chi connectivity index (χ0) is 11.4. The minimum atomic E-state index is -1.32. The number of hydrogen-bond donors (Lipinski definition) is 1. The van der Waals surface area contributed by atoms with Crippen LogP contribution in [-0.4, -0.2) is 29.3 Å². The second kappa shape index (κ2) is 4.93. The zero-order valence-electron chi connectivity index (χ0n) is 8.54. The molecule has 1 atom stereocenters. The van der Waals surface area contributed by atoms with Gasteiger partial charge in [-0.15, -0.1) is 0 Å². The van der Waals surface area contributed by atoms with Crippen LogP contribution in [0.5, 0.6) is 0 Å². The quantitative estimate of drug-likeness (QED) is 0.706. The van der Waals surface area contributed by atoms with Crippen LogP contribution in [0.4, 0.5) is 4.39 Å². The molecular weight excluding hydrogens is 191 g/mol. The normalized spacial score (nSPS) is 13.4. The van der Waals surface area contributed by atoms with Gasteiger partial charge in [0.1, 0.15) is 12.3 Å². The average molecular weight is 206 g/mol. The summed E-state index contributed by atoms with van der Waals surface area (Å²) in [5.41, 5.74) is -0.670. The number of carbonyl (C=O) groups is 2. The number of ether oxygens (including phenoxy) is 1. The van der Waals surface area contributed by atoms with Gasteiger partial charge in [0.15, 0.2) is 0 Å². The van der Waals surface area contributed by atoms with Gasteiger partial charge in [-0.2, -0.15) is 0 Å². The molecule has 0 rings (SSSR count). The van der Waals surface area contributed by atoms with Crippen LogP contribution in [0.2, 0.25) is 0 Å². The Kier molecular flexibility index (Phi) is 4.53. The summed E-state index contributed by atoms with van der Waals surface area (Å²) < 4.78 is 17.0. The number of carboxylic acids is 1. The third-order valence-electron chi connectivity index (χ3n) is 1.37. The Morgan fingerprint density at radius 3 is 2.21 bits per heavy atom. The summed E-state index contributed by atoms with van der Waals surface area (Å²) in [6.07, 6.45) is -0.427. The summed E-state index contributed by atoms with van der Waals surface area (Å²) >= 11 is 0. The van der Waals surface area contributed by atoms with Crippen molar-refractivity contribution in [1.29, 1.82) is 0 Å². The molecule has 0 aromatic heterocycles. The van der Waals surface area contributed by atoms with Crippen LogP contribution < -0.4 is 0 Å². The molecule has 14 heavy (non-hydrogen) atoms. The lowest BCUT2D eigenvalue weighted by atomic mass is 10.1. The molecule has 0 saturated carbocycles. The van der Waals surface area contributed by atoms with Gasteiger partial charge in [-0.3, -0.25) is 14.0 Å². The number of hydrogen-bond acceptors (Lipinski definition) is 3. The summed E-state index contributed by atoms with van der Waals surface area (Å²) in [6, 6.07) is 0. The van der Waals surface area contributed by atoms with Crippen molar-refractivity contribution >= 4 is 11.9 Å². The van der Waals surface area contributed by atoms with Crippen LogP contribution in [0.25, 0.3) is 0 Å². The summed E-state index contributed by atoms with van der Waals surface area (Å²) in [5.74, 6) is -3.31. The van der Waals surface area contributed by atoms with Gasteiger partial charge in [0.05, 0.1) is 12.3 Å². The highest BCUT2D eigenvalue weighted by Crippen LogP contribution is 2.12. The topological polar surface area (TPSA) is 63.6 Å². The number of carboxylic acid groups (broad SMARTS) is 1. The maximum Gasteiger partial charge on any atom is 0.309 e. The molecule has 0 amide bonds. The van der Waals surface area contributed by atoms with Crippen molar-refractivity contribution in [2.45, 2.75) is 32.8 Å². The second-order valence-corrected chi connectivity index (χ2v) is 3.98. The van der Waals surface area contributed by atoms with Crippen molar-refractivity contribution < 1.29 is 23.8 Å². The van der Waals surface area contributed by atoms with Crippen LogP contribution in [0.15, 0.2) is 0 Å². The van der Waals surface area contributed by atoms with Crippen molar-refractivity contribution in [3.8, 4) is 0 Å². The van der Waals surface area contributed by atoms with Gasteiger partial charge in [0.2, 0.25) is 0 Å². The predicted octanol–water partition coefficient (Wildman–Crippen LogP) is 1.39. The maximum absolute atomic E-state index is 12.1. The molecule has 0 spiro atoms. The molecule has 5 heteroatoms. The number of rotatable bonds is 4. The molecule has 0 aliphatic heterocycles. The van der Waals surface area contributed by atoms with E-state index in [-0.39, 0.29) is 0 Å². The number of alkyl halides is 1. The molecule has 0 bridgehead atoms. The average Bonchev–Trinajstić information content (AvgIpc) is 1.96. The van der Waals surface area contributed by atoms with E-state index in [9.17, 15) is 14.0 Å². The molecule has 0 radical (unpaired) electrons. The predicted molar refractivity (Wildman–Crippen MR) is 47.6 cm³/mol. The second-order valence-electron chi connectivity index (χ2n) is 3.98. The Labute approximate surface area is 82.1 Å². The first-order valence-corrected chi connectivity index (χ1v) is 4.27. The fourth-order valence-electron chi connectivity index (χ4n) is 0.792. The summed E-state index contributed by atoms with van der Waals surface area (Å²) in [6.45, 7) is 3.93. The smallest absolute Gasteiger partial charge is 0.309 e. The first-order valence-electron chi connectivity index (χ1n) is 4.27. The van der Waals surface area contributed by atoms with Crippen molar-refractivity contribution in [2.75, 3.05) is 6.67 Å². The molecular formula is C9H15FO4. The van der Waals surface area contributed by atoms with Gasteiger partial charge >= 0.3 is 11.9 Å². The number of halogens is 1. The van der Waals surface area contributed by atoms with E-state index in [1.165, 1.54) is 0 Å². The van der Waals surface area contributed by atoms with E-state index in [0.29, 0.717) is 0 Å². The van der Waals surface area contributed by atoms with Gasteiger partial charge in [-0.05, 0) is 20.8 Å². The lowest BCUT2D eigenvalue weighted by molar-refractivity contribution is -0.160. The van der Waals surface area contributed by atoms with Crippen molar-refractivity contribution in [3.05, 3.63) is 0 Å². The van der Waals surface area contributed by atoms with E-state index in [1.807, 2.05) is 0 Å². The maximum atomic E-state index is 12.1. The SMILES string of the molecule is CC(C)(C)OC(=O)CC(CF)C(=O)O. The lowest BCUT2D eigenvalue weighted by Crippen LogP contribution is -2.27. The standard InChI is InChI=1S/C9H15FO4/c1-9(2,3)14-7(11)4-6(5-10)8(12)13/h6H,4-5H2,1-3H3,(H,12,13). The van der Waals surface area contributed by atoms with Gasteiger partial charge in [0, 0.05) is 0 Å². The molecule has 0 saturated heterocycles. The number of esters is 1. The van der Waals surface area contributed by atoms with E-state index in [2.05, 4.69) is 0 Å². The largest absolute Gasteiger partial charge is 0.481 e. The van der Waals surface area contributed by atoms with Crippen molar-refractivity contribution in [3.63, 3.8) is 0 Å². The van der Waals surface area contributed by atoms with Gasteiger partial charge < -0.3 is 9.84 Å². The van der Waals surface area contributed by atoms with E-state index in [4.69, 9.17) is 9.84 Å². The molecule has 4 nitrogen and oxygen atoms in total. The molecule has 0 aliphatic carbocycles. The first kappa shape index (κ1) is 12.9. The van der Waals surface area contributed by atoms with E-state index >= 15 is 0 Å². The summed E-state index contributed by atoms with van der Waals surface area (Å²) in [5, 5.41) is 8.47. The summed E-state index contributed by atoms with van der Waals surface area (Å²) in [7, 11) is 0.